The van der Waals surface area contributed by atoms with Crippen LogP contribution in [0, 0.1) is 0 Å². The van der Waals surface area contributed by atoms with Crippen molar-refractivity contribution in [3.63, 3.8) is 0 Å². The van der Waals surface area contributed by atoms with Crippen LogP contribution in [0.25, 0.3) is 0 Å². The molecule has 0 radical (unpaired) electrons. The molecule has 0 aliphatic carbocycles. The van der Waals surface area contributed by atoms with Crippen molar-refractivity contribution in [2.75, 3.05) is 20.3 Å². The Bertz CT molecular complexity index is 350. The fourth-order valence-electron chi connectivity index (χ4n) is 1.73. The molecule has 5 nitrogen and oxygen atoms in total. The molecule has 0 bridgehead atoms. The second kappa shape index (κ2) is 7.20. The van der Waals surface area contributed by atoms with Crippen molar-refractivity contribution in [2.45, 2.75) is 25.5 Å². The van der Waals surface area contributed by atoms with E-state index in [1.165, 1.54) is 6.07 Å². The first kappa shape index (κ1) is 14.8. The number of benzene rings is 1. The molecule has 4 N–H and O–H groups in total. The number of hydrogen-bond donors (Lipinski definition) is 4. The van der Waals surface area contributed by atoms with Gasteiger partial charge in [0.1, 0.15) is 11.5 Å². The lowest BCUT2D eigenvalue weighted by Crippen LogP contribution is -2.25. The van der Waals surface area contributed by atoms with Crippen molar-refractivity contribution in [2.24, 2.45) is 0 Å². The van der Waals surface area contributed by atoms with Crippen molar-refractivity contribution in [3.05, 3.63) is 23.8 Å². The summed E-state index contributed by atoms with van der Waals surface area (Å²) in [6.07, 6.45) is 0.107. The molecule has 18 heavy (non-hydrogen) atoms. The number of phenolic OH excluding ortho intramolecular Hbond substituents is 2. The van der Waals surface area contributed by atoms with Gasteiger partial charge in [-0.25, -0.2) is 0 Å². The number of nitrogens with one attached hydrogen (secondary N) is 1. The van der Waals surface area contributed by atoms with Crippen LogP contribution in [0.2, 0.25) is 0 Å². The van der Waals surface area contributed by atoms with E-state index in [4.69, 9.17) is 4.74 Å². The molecule has 0 saturated heterocycles. The highest BCUT2D eigenvalue weighted by atomic mass is 16.5. The molecule has 102 valence electrons. The first-order chi connectivity index (χ1) is 8.52. The Morgan fingerprint density at radius 1 is 1.22 bits per heavy atom. The minimum absolute atomic E-state index is 0.0160. The summed E-state index contributed by atoms with van der Waals surface area (Å²) in [5.41, 5.74) is 0.800. The monoisotopic (exact) mass is 255 g/mol. The average Bonchev–Trinajstić information content (AvgIpc) is 2.27. The summed E-state index contributed by atoms with van der Waals surface area (Å²) in [6.45, 7) is 2.88. The molecule has 5 heteroatoms. The molecule has 0 fully saturated rings. The molecular weight excluding hydrogens is 234 g/mol. The first-order valence-electron chi connectivity index (χ1n) is 5.96. The van der Waals surface area contributed by atoms with Crippen LogP contribution in [-0.2, 0) is 4.74 Å². The van der Waals surface area contributed by atoms with Crippen molar-refractivity contribution >= 4 is 0 Å². The van der Waals surface area contributed by atoms with E-state index < -0.39 is 6.10 Å². The summed E-state index contributed by atoms with van der Waals surface area (Å²) < 4.78 is 4.83. The minimum atomic E-state index is -0.479. The SMILES string of the molecule is COCC(O)CCNC(C)c1cc(O)cc(O)c1. The number of rotatable bonds is 7. The number of aliphatic hydroxyl groups excluding tert-OH is 1. The molecule has 1 aromatic carbocycles. The van der Waals surface area contributed by atoms with Gasteiger partial charge in [-0.05, 0) is 37.6 Å². The lowest BCUT2D eigenvalue weighted by atomic mass is 10.1. The predicted molar refractivity (Wildman–Crippen MR) is 68.7 cm³/mol. The van der Waals surface area contributed by atoms with Crippen LogP contribution in [0.15, 0.2) is 18.2 Å². The van der Waals surface area contributed by atoms with Crippen LogP contribution in [0.1, 0.15) is 24.9 Å². The molecule has 0 aromatic heterocycles. The topological polar surface area (TPSA) is 82.0 Å². The van der Waals surface area contributed by atoms with E-state index >= 15 is 0 Å². The highest BCUT2D eigenvalue weighted by Crippen LogP contribution is 2.24. The maximum atomic E-state index is 9.48. The van der Waals surface area contributed by atoms with Crippen LogP contribution >= 0.6 is 0 Å². The van der Waals surface area contributed by atoms with Crippen LogP contribution < -0.4 is 5.32 Å². The van der Waals surface area contributed by atoms with Gasteiger partial charge in [-0.3, -0.25) is 0 Å². The van der Waals surface area contributed by atoms with Crippen LogP contribution in [0.3, 0.4) is 0 Å². The Labute approximate surface area is 107 Å². The number of aliphatic hydroxyl groups is 1. The molecule has 0 aliphatic rings. The third-order valence-corrected chi connectivity index (χ3v) is 2.71. The Hall–Kier alpha value is -1.30. The number of phenols is 2. The molecular formula is C13H21NO4. The number of hydrogen-bond acceptors (Lipinski definition) is 5. The largest absolute Gasteiger partial charge is 0.508 e. The van der Waals surface area contributed by atoms with Gasteiger partial charge in [-0.1, -0.05) is 0 Å². The van der Waals surface area contributed by atoms with Gasteiger partial charge in [0, 0.05) is 19.2 Å². The van der Waals surface area contributed by atoms with E-state index in [0.717, 1.165) is 5.56 Å². The summed E-state index contributed by atoms with van der Waals surface area (Å²) in [6, 6.07) is 4.47. The van der Waals surface area contributed by atoms with Gasteiger partial charge in [0.25, 0.3) is 0 Å². The maximum absolute atomic E-state index is 9.48. The molecule has 0 saturated carbocycles. The van der Waals surface area contributed by atoms with Gasteiger partial charge >= 0.3 is 0 Å². The highest BCUT2D eigenvalue weighted by molar-refractivity contribution is 5.37. The molecule has 0 spiro atoms. The Morgan fingerprint density at radius 2 is 1.83 bits per heavy atom. The quantitative estimate of drug-likeness (QED) is 0.587. The lowest BCUT2D eigenvalue weighted by molar-refractivity contribution is 0.0590. The fourth-order valence-corrected chi connectivity index (χ4v) is 1.73. The zero-order valence-electron chi connectivity index (χ0n) is 10.8. The van der Waals surface area contributed by atoms with E-state index in [0.29, 0.717) is 19.6 Å². The number of aromatic hydroxyl groups is 2. The standard InChI is InChI=1S/C13H21NO4/c1-9(14-4-3-11(15)8-18-2)10-5-12(16)7-13(17)6-10/h5-7,9,11,14-17H,3-4,8H2,1-2H3. The summed E-state index contributed by atoms with van der Waals surface area (Å²) in [5, 5.41) is 31.4. The van der Waals surface area contributed by atoms with Gasteiger partial charge in [0.05, 0.1) is 12.7 Å². The zero-order chi connectivity index (χ0) is 13.5. The van der Waals surface area contributed by atoms with Crippen molar-refractivity contribution < 1.29 is 20.1 Å². The Morgan fingerprint density at radius 3 is 2.39 bits per heavy atom. The summed E-state index contributed by atoms with van der Waals surface area (Å²) >= 11 is 0. The van der Waals surface area contributed by atoms with Crippen molar-refractivity contribution in [3.8, 4) is 11.5 Å². The van der Waals surface area contributed by atoms with Gasteiger partial charge in [-0.2, -0.15) is 0 Å². The van der Waals surface area contributed by atoms with E-state index in [1.54, 1.807) is 19.2 Å². The molecule has 2 atom stereocenters. The molecule has 2 unspecified atom stereocenters. The van der Waals surface area contributed by atoms with Crippen LogP contribution in [-0.4, -0.2) is 41.7 Å². The molecule has 1 aromatic rings. The van der Waals surface area contributed by atoms with Crippen molar-refractivity contribution in [1.82, 2.24) is 5.32 Å². The molecule has 0 amide bonds. The van der Waals surface area contributed by atoms with Gasteiger partial charge in [0.15, 0.2) is 0 Å². The molecule has 0 aliphatic heterocycles. The van der Waals surface area contributed by atoms with E-state index in [-0.39, 0.29) is 17.5 Å². The summed E-state index contributed by atoms with van der Waals surface area (Å²) in [5.74, 6) is 0.0798. The second-order valence-corrected chi connectivity index (χ2v) is 4.36. The van der Waals surface area contributed by atoms with Gasteiger partial charge in [0.2, 0.25) is 0 Å². The second-order valence-electron chi connectivity index (χ2n) is 4.36. The fraction of sp³-hybridized carbons (Fsp3) is 0.538. The van der Waals surface area contributed by atoms with Crippen LogP contribution in [0.4, 0.5) is 0 Å². The average molecular weight is 255 g/mol. The van der Waals surface area contributed by atoms with Gasteiger partial charge < -0.3 is 25.4 Å². The number of ether oxygens (including phenoxy) is 1. The summed E-state index contributed by atoms with van der Waals surface area (Å²) in [4.78, 5) is 0. The third-order valence-electron chi connectivity index (χ3n) is 2.71. The maximum Gasteiger partial charge on any atom is 0.119 e. The van der Waals surface area contributed by atoms with Crippen molar-refractivity contribution in [1.29, 1.82) is 0 Å². The predicted octanol–water partition coefficient (Wildman–Crippen LogP) is 1.15. The Kier molecular flexibility index (Phi) is 5.91. The number of methoxy groups -OCH3 is 1. The third kappa shape index (κ3) is 4.91. The highest BCUT2D eigenvalue weighted by Gasteiger charge is 2.09. The lowest BCUT2D eigenvalue weighted by Gasteiger charge is -2.16. The first-order valence-corrected chi connectivity index (χ1v) is 5.96. The normalized spacial score (nSPS) is 14.4. The smallest absolute Gasteiger partial charge is 0.119 e. The molecule has 1 rings (SSSR count). The van der Waals surface area contributed by atoms with E-state index in [1.807, 2.05) is 6.92 Å². The van der Waals surface area contributed by atoms with E-state index in [9.17, 15) is 15.3 Å². The zero-order valence-corrected chi connectivity index (χ0v) is 10.8. The Balaban J connectivity index is 2.42. The van der Waals surface area contributed by atoms with Crippen LogP contribution in [0.5, 0.6) is 11.5 Å². The minimum Gasteiger partial charge on any atom is -0.508 e. The molecule has 0 heterocycles. The van der Waals surface area contributed by atoms with Gasteiger partial charge in [-0.15, -0.1) is 0 Å². The summed E-state index contributed by atoms with van der Waals surface area (Å²) in [7, 11) is 1.55. The van der Waals surface area contributed by atoms with E-state index in [2.05, 4.69) is 5.32 Å².